The molecule has 130 valence electrons. The number of phenols is 1. The fourth-order valence-corrected chi connectivity index (χ4v) is 3.16. The first kappa shape index (κ1) is 17.5. The van der Waals surface area contributed by atoms with Crippen LogP contribution in [-0.2, 0) is 6.42 Å². The minimum absolute atomic E-state index is 0.213. The summed E-state index contributed by atoms with van der Waals surface area (Å²) in [6, 6.07) is 15.4. The van der Waals surface area contributed by atoms with E-state index in [1.807, 2.05) is 55.5 Å². The molecule has 1 aliphatic carbocycles. The molecule has 3 rings (SSSR count). The molecule has 0 aromatic heterocycles. The summed E-state index contributed by atoms with van der Waals surface area (Å²) in [6.07, 6.45) is 3.84. The van der Waals surface area contributed by atoms with Crippen LogP contribution < -0.4 is 0 Å². The molecule has 3 heteroatoms. The molecule has 0 saturated carbocycles. The molecule has 0 aliphatic heterocycles. The van der Waals surface area contributed by atoms with Crippen LogP contribution in [0.15, 0.2) is 66.3 Å². The third-order valence-electron chi connectivity index (χ3n) is 4.88. The normalized spacial score (nSPS) is 18.4. The molecule has 3 N–H and O–H groups in total. The highest BCUT2D eigenvalue weighted by Crippen LogP contribution is 2.43. The fourth-order valence-electron chi connectivity index (χ4n) is 3.16. The molecule has 0 amide bonds. The Kier molecular flexibility index (Phi) is 4.31. The smallest absolute Gasteiger partial charge is 0.192 e. The number of hydrogen-bond acceptors (Lipinski definition) is 3. The summed E-state index contributed by atoms with van der Waals surface area (Å²) in [5.41, 5.74) is 3.76. The summed E-state index contributed by atoms with van der Waals surface area (Å²) in [7, 11) is 0. The molecule has 0 radical (unpaired) electrons. The Labute approximate surface area is 148 Å². The number of allylic oxidation sites excluding steroid dienone is 2. The maximum Gasteiger partial charge on any atom is 0.192 e. The van der Waals surface area contributed by atoms with Gasteiger partial charge in [0.1, 0.15) is 5.75 Å². The monoisotopic (exact) mass is 336 g/mol. The number of rotatable bonds is 3. The zero-order valence-corrected chi connectivity index (χ0v) is 14.8. The molecular weight excluding hydrogens is 312 g/mol. The van der Waals surface area contributed by atoms with E-state index in [9.17, 15) is 15.3 Å². The van der Waals surface area contributed by atoms with E-state index in [4.69, 9.17) is 0 Å². The molecular formula is C22H24O3. The molecule has 2 aromatic rings. The van der Waals surface area contributed by atoms with Crippen molar-refractivity contribution >= 4 is 5.57 Å². The summed E-state index contributed by atoms with van der Waals surface area (Å²) in [5, 5.41) is 31.2. The van der Waals surface area contributed by atoms with Gasteiger partial charge in [0, 0.05) is 11.8 Å². The predicted molar refractivity (Wildman–Crippen MR) is 100.0 cm³/mol. The van der Waals surface area contributed by atoms with Crippen molar-refractivity contribution < 1.29 is 15.3 Å². The number of phenolic OH excluding ortho intramolecular Hbond substituents is 1. The van der Waals surface area contributed by atoms with Gasteiger partial charge in [0.25, 0.3) is 0 Å². The SMILES string of the molecule is Cc1ccc(O)c(CC2=CC(O)(O)C(C)(C)C=C2c2ccccc2)c1. The van der Waals surface area contributed by atoms with Crippen LogP contribution in [0.4, 0.5) is 0 Å². The van der Waals surface area contributed by atoms with Gasteiger partial charge in [-0.1, -0.05) is 68.0 Å². The van der Waals surface area contributed by atoms with Crippen LogP contribution in [0, 0.1) is 12.3 Å². The highest BCUT2D eigenvalue weighted by molar-refractivity contribution is 5.82. The van der Waals surface area contributed by atoms with E-state index in [2.05, 4.69) is 0 Å². The Morgan fingerprint density at radius 2 is 1.60 bits per heavy atom. The summed E-state index contributed by atoms with van der Waals surface area (Å²) in [5.74, 6) is -1.73. The first-order valence-electron chi connectivity index (χ1n) is 8.43. The molecule has 0 heterocycles. The molecule has 0 spiro atoms. The van der Waals surface area contributed by atoms with Gasteiger partial charge >= 0.3 is 0 Å². The average Bonchev–Trinajstić information content (AvgIpc) is 2.55. The third kappa shape index (κ3) is 3.39. The Bertz CT molecular complexity index is 843. The highest BCUT2D eigenvalue weighted by atomic mass is 16.5. The molecule has 2 aromatic carbocycles. The number of aliphatic hydroxyl groups is 2. The van der Waals surface area contributed by atoms with Gasteiger partial charge in [-0.3, -0.25) is 0 Å². The molecule has 0 bridgehead atoms. The van der Waals surface area contributed by atoms with Crippen LogP contribution in [0.2, 0.25) is 0 Å². The van der Waals surface area contributed by atoms with Crippen molar-refractivity contribution in [3.05, 3.63) is 82.9 Å². The lowest BCUT2D eigenvalue weighted by atomic mass is 9.73. The van der Waals surface area contributed by atoms with Gasteiger partial charge in [-0.15, -0.1) is 0 Å². The van der Waals surface area contributed by atoms with Crippen molar-refractivity contribution in [1.82, 2.24) is 0 Å². The van der Waals surface area contributed by atoms with E-state index in [0.29, 0.717) is 6.42 Å². The Morgan fingerprint density at radius 3 is 2.28 bits per heavy atom. The van der Waals surface area contributed by atoms with Gasteiger partial charge in [-0.2, -0.15) is 0 Å². The Morgan fingerprint density at radius 1 is 0.920 bits per heavy atom. The number of aryl methyl sites for hydroxylation is 1. The van der Waals surface area contributed by atoms with Gasteiger partial charge in [0.05, 0.1) is 0 Å². The molecule has 3 nitrogen and oxygen atoms in total. The van der Waals surface area contributed by atoms with Crippen LogP contribution in [0.5, 0.6) is 5.75 Å². The van der Waals surface area contributed by atoms with E-state index >= 15 is 0 Å². The second kappa shape index (κ2) is 6.17. The first-order chi connectivity index (χ1) is 11.7. The van der Waals surface area contributed by atoms with E-state index in [-0.39, 0.29) is 5.75 Å². The van der Waals surface area contributed by atoms with Crippen LogP contribution in [-0.4, -0.2) is 21.1 Å². The quantitative estimate of drug-likeness (QED) is 0.743. The lowest BCUT2D eigenvalue weighted by Crippen LogP contribution is -2.44. The zero-order valence-electron chi connectivity index (χ0n) is 14.8. The second-order valence-corrected chi connectivity index (χ2v) is 7.35. The minimum atomic E-state index is -1.94. The van der Waals surface area contributed by atoms with E-state index in [0.717, 1.165) is 27.8 Å². The van der Waals surface area contributed by atoms with Gasteiger partial charge in [-0.25, -0.2) is 0 Å². The van der Waals surface area contributed by atoms with E-state index < -0.39 is 11.2 Å². The Hall–Kier alpha value is -2.36. The largest absolute Gasteiger partial charge is 0.508 e. The number of benzene rings is 2. The van der Waals surface area contributed by atoms with Crippen molar-refractivity contribution in [2.24, 2.45) is 5.41 Å². The highest BCUT2D eigenvalue weighted by Gasteiger charge is 2.42. The van der Waals surface area contributed by atoms with Crippen LogP contribution in [0.25, 0.3) is 5.57 Å². The van der Waals surface area contributed by atoms with Crippen molar-refractivity contribution in [2.45, 2.75) is 33.0 Å². The minimum Gasteiger partial charge on any atom is -0.508 e. The van der Waals surface area contributed by atoms with Gasteiger partial charge < -0.3 is 15.3 Å². The summed E-state index contributed by atoms with van der Waals surface area (Å²) >= 11 is 0. The van der Waals surface area contributed by atoms with E-state index in [1.54, 1.807) is 19.9 Å². The summed E-state index contributed by atoms with van der Waals surface area (Å²) in [4.78, 5) is 0. The summed E-state index contributed by atoms with van der Waals surface area (Å²) < 4.78 is 0. The fraction of sp³-hybridized carbons (Fsp3) is 0.273. The van der Waals surface area contributed by atoms with Crippen molar-refractivity contribution in [2.75, 3.05) is 0 Å². The standard InChI is InChI=1S/C22H24O3/c1-15-9-10-20(23)17(11-15)12-18-13-22(24,25)21(2,3)14-19(18)16-7-5-4-6-8-16/h4-11,13-14,23-25H,12H2,1-3H3. The Balaban J connectivity index is 2.09. The number of hydrogen-bond donors (Lipinski definition) is 3. The molecule has 0 fully saturated rings. The van der Waals surface area contributed by atoms with Gasteiger partial charge in [-0.05, 0) is 41.3 Å². The van der Waals surface area contributed by atoms with E-state index in [1.165, 1.54) is 6.08 Å². The van der Waals surface area contributed by atoms with Crippen LogP contribution >= 0.6 is 0 Å². The van der Waals surface area contributed by atoms with Crippen molar-refractivity contribution in [1.29, 1.82) is 0 Å². The molecule has 0 unspecified atom stereocenters. The predicted octanol–water partition coefficient (Wildman–Crippen LogP) is 3.97. The molecule has 0 saturated heterocycles. The average molecular weight is 336 g/mol. The maximum atomic E-state index is 10.5. The molecule has 1 aliphatic rings. The van der Waals surface area contributed by atoms with Crippen LogP contribution in [0.3, 0.4) is 0 Å². The lowest BCUT2D eigenvalue weighted by molar-refractivity contribution is -0.178. The van der Waals surface area contributed by atoms with Crippen molar-refractivity contribution in [3.63, 3.8) is 0 Å². The maximum absolute atomic E-state index is 10.5. The van der Waals surface area contributed by atoms with Crippen molar-refractivity contribution in [3.8, 4) is 5.75 Å². The first-order valence-corrected chi connectivity index (χ1v) is 8.43. The second-order valence-electron chi connectivity index (χ2n) is 7.35. The lowest BCUT2D eigenvalue weighted by Gasteiger charge is -2.39. The third-order valence-corrected chi connectivity index (χ3v) is 4.88. The zero-order chi connectivity index (χ0) is 18.2. The summed E-state index contributed by atoms with van der Waals surface area (Å²) in [6.45, 7) is 5.57. The van der Waals surface area contributed by atoms with Gasteiger partial charge in [0.2, 0.25) is 0 Å². The van der Waals surface area contributed by atoms with Gasteiger partial charge in [0.15, 0.2) is 5.79 Å². The van der Waals surface area contributed by atoms with Crippen LogP contribution in [0.1, 0.15) is 30.5 Å². The number of aromatic hydroxyl groups is 1. The molecule has 25 heavy (non-hydrogen) atoms. The topological polar surface area (TPSA) is 60.7 Å². The molecule has 0 atom stereocenters.